The number of rotatable bonds is 1. The Bertz CT molecular complexity index is 329. The molecule has 56 valence electrons. The van der Waals surface area contributed by atoms with E-state index in [1.54, 1.807) is 0 Å². The molecule has 6 heteroatoms. The first kappa shape index (κ1) is 7.97. The third-order valence-corrected chi connectivity index (χ3v) is 3.01. The topological polar surface area (TPSA) is 34.1 Å². The molecule has 0 aromatic carbocycles. The van der Waals surface area contributed by atoms with Crippen molar-refractivity contribution in [2.24, 2.45) is 0 Å². The molecule has 0 aliphatic heterocycles. The molecule has 10 heavy (non-hydrogen) atoms. The lowest BCUT2D eigenvalue weighted by Crippen LogP contribution is -1.89. The molecule has 0 bridgehead atoms. The van der Waals surface area contributed by atoms with Gasteiger partial charge in [-0.3, -0.25) is 0 Å². The highest BCUT2D eigenvalue weighted by molar-refractivity contribution is 8.13. The standard InChI is InChI=1S/C4H2ClFO2S2/c5-10(7,8)3-1-2-9-4(3)6/h1-2H. The SMILES string of the molecule is O=S(=O)(Cl)c1ccsc1F. The van der Waals surface area contributed by atoms with E-state index < -0.39 is 19.1 Å². The van der Waals surface area contributed by atoms with Gasteiger partial charge in [-0.2, -0.15) is 4.39 Å². The second-order valence-corrected chi connectivity index (χ2v) is 4.90. The summed E-state index contributed by atoms with van der Waals surface area (Å²) in [6.07, 6.45) is 0. The summed E-state index contributed by atoms with van der Waals surface area (Å²) in [5.74, 6) is 0. The number of hydrogen-bond acceptors (Lipinski definition) is 3. The average Bonchev–Trinajstić information content (AvgIpc) is 2.11. The van der Waals surface area contributed by atoms with Crippen molar-refractivity contribution in [3.05, 3.63) is 16.6 Å². The first-order chi connectivity index (χ1) is 4.52. The zero-order valence-corrected chi connectivity index (χ0v) is 6.93. The molecule has 0 aliphatic carbocycles. The van der Waals surface area contributed by atoms with Crippen molar-refractivity contribution in [1.82, 2.24) is 0 Å². The zero-order chi connectivity index (χ0) is 7.78. The summed E-state index contributed by atoms with van der Waals surface area (Å²) >= 11 is 0.701. The minimum atomic E-state index is -3.88. The largest absolute Gasteiger partial charge is 0.265 e. The van der Waals surface area contributed by atoms with Gasteiger partial charge >= 0.3 is 0 Å². The van der Waals surface area contributed by atoms with E-state index in [0.717, 1.165) is 6.07 Å². The summed E-state index contributed by atoms with van der Waals surface area (Å²) in [6.45, 7) is 0. The molecule has 0 saturated carbocycles. The Kier molecular flexibility index (Phi) is 1.98. The summed E-state index contributed by atoms with van der Waals surface area (Å²) in [5.41, 5.74) is 0. The average molecular weight is 201 g/mol. The van der Waals surface area contributed by atoms with Crippen molar-refractivity contribution in [3.63, 3.8) is 0 Å². The van der Waals surface area contributed by atoms with Crippen LogP contribution in [0.4, 0.5) is 4.39 Å². The molecule has 1 aromatic heterocycles. The van der Waals surface area contributed by atoms with Crippen molar-refractivity contribution >= 4 is 31.1 Å². The molecular formula is C4H2ClFO2S2. The van der Waals surface area contributed by atoms with Crippen LogP contribution in [0.1, 0.15) is 0 Å². The summed E-state index contributed by atoms with van der Waals surface area (Å²) in [7, 11) is 0.962. The highest BCUT2D eigenvalue weighted by atomic mass is 35.7. The fourth-order valence-corrected chi connectivity index (χ4v) is 2.44. The highest BCUT2D eigenvalue weighted by Crippen LogP contribution is 2.22. The van der Waals surface area contributed by atoms with Gasteiger partial charge < -0.3 is 0 Å². The Morgan fingerprint density at radius 3 is 2.40 bits per heavy atom. The Labute approximate surface area is 65.7 Å². The van der Waals surface area contributed by atoms with Gasteiger partial charge in [0.2, 0.25) is 0 Å². The zero-order valence-electron chi connectivity index (χ0n) is 4.54. The quantitative estimate of drug-likeness (QED) is 0.648. The Balaban J connectivity index is 3.32. The smallest absolute Gasteiger partial charge is 0.207 e. The molecule has 0 fully saturated rings. The van der Waals surface area contributed by atoms with Crippen LogP contribution in [0.2, 0.25) is 0 Å². The molecule has 0 spiro atoms. The maximum atomic E-state index is 12.4. The lowest BCUT2D eigenvalue weighted by atomic mass is 10.7. The lowest BCUT2D eigenvalue weighted by Gasteiger charge is -1.86. The Morgan fingerprint density at radius 1 is 1.60 bits per heavy atom. The molecule has 0 atom stereocenters. The maximum Gasteiger partial charge on any atom is 0.265 e. The normalized spacial score (nSPS) is 11.8. The molecule has 2 nitrogen and oxygen atoms in total. The third kappa shape index (κ3) is 1.47. The van der Waals surface area contributed by atoms with Crippen molar-refractivity contribution < 1.29 is 12.8 Å². The van der Waals surface area contributed by atoms with Crippen LogP contribution in [-0.2, 0) is 9.05 Å². The lowest BCUT2D eigenvalue weighted by molar-refractivity contribution is 0.591. The van der Waals surface area contributed by atoms with E-state index in [1.807, 2.05) is 0 Å². The molecular weight excluding hydrogens is 199 g/mol. The Hall–Kier alpha value is -0.130. The van der Waals surface area contributed by atoms with E-state index in [9.17, 15) is 12.8 Å². The van der Waals surface area contributed by atoms with Crippen LogP contribution in [-0.4, -0.2) is 8.42 Å². The minimum Gasteiger partial charge on any atom is -0.207 e. The van der Waals surface area contributed by atoms with Gasteiger partial charge in [-0.15, -0.1) is 11.3 Å². The van der Waals surface area contributed by atoms with Crippen molar-refractivity contribution in [1.29, 1.82) is 0 Å². The summed E-state index contributed by atoms with van der Waals surface area (Å²) in [6, 6.07) is 1.13. The summed E-state index contributed by atoms with van der Waals surface area (Å²) < 4.78 is 33.3. The number of thiophene rings is 1. The van der Waals surface area contributed by atoms with Crippen LogP contribution in [0.5, 0.6) is 0 Å². The van der Waals surface area contributed by atoms with Gasteiger partial charge in [0.15, 0.2) is 5.13 Å². The van der Waals surface area contributed by atoms with E-state index in [0.29, 0.717) is 11.3 Å². The van der Waals surface area contributed by atoms with Gasteiger partial charge in [-0.25, -0.2) is 8.42 Å². The van der Waals surface area contributed by atoms with Gasteiger partial charge in [0.1, 0.15) is 4.90 Å². The van der Waals surface area contributed by atoms with Gasteiger partial charge in [0.25, 0.3) is 9.05 Å². The predicted octanol–water partition coefficient (Wildman–Crippen LogP) is 1.81. The van der Waals surface area contributed by atoms with Crippen molar-refractivity contribution in [2.75, 3.05) is 0 Å². The fourth-order valence-electron chi connectivity index (χ4n) is 0.456. The molecule has 1 heterocycles. The van der Waals surface area contributed by atoms with Crippen LogP contribution in [0.3, 0.4) is 0 Å². The summed E-state index contributed by atoms with van der Waals surface area (Å²) in [5, 5.41) is 0.555. The van der Waals surface area contributed by atoms with Gasteiger partial charge in [0.05, 0.1) is 0 Å². The second kappa shape index (κ2) is 2.48. The van der Waals surface area contributed by atoms with E-state index in [2.05, 4.69) is 0 Å². The van der Waals surface area contributed by atoms with Gasteiger partial charge in [-0.1, -0.05) is 0 Å². The predicted molar refractivity (Wildman–Crippen MR) is 37.3 cm³/mol. The monoisotopic (exact) mass is 200 g/mol. The summed E-state index contributed by atoms with van der Waals surface area (Å²) in [4.78, 5) is -0.445. The van der Waals surface area contributed by atoms with Gasteiger partial charge in [0, 0.05) is 10.7 Å². The maximum absolute atomic E-state index is 12.4. The molecule has 1 rings (SSSR count). The highest BCUT2D eigenvalue weighted by Gasteiger charge is 2.16. The van der Waals surface area contributed by atoms with Crippen LogP contribution < -0.4 is 0 Å². The van der Waals surface area contributed by atoms with E-state index in [-0.39, 0.29) is 0 Å². The molecule has 0 saturated heterocycles. The molecule has 0 unspecified atom stereocenters. The second-order valence-electron chi connectivity index (χ2n) is 1.50. The Morgan fingerprint density at radius 2 is 2.20 bits per heavy atom. The molecule has 0 radical (unpaired) electrons. The fraction of sp³-hybridized carbons (Fsp3) is 0. The van der Waals surface area contributed by atoms with Crippen LogP contribution in [0, 0.1) is 5.13 Å². The van der Waals surface area contributed by atoms with Gasteiger partial charge in [-0.05, 0) is 11.4 Å². The first-order valence-electron chi connectivity index (χ1n) is 2.19. The third-order valence-electron chi connectivity index (χ3n) is 0.847. The van der Waals surface area contributed by atoms with Crippen LogP contribution >= 0.6 is 22.0 Å². The van der Waals surface area contributed by atoms with E-state index in [1.165, 1.54) is 5.38 Å². The molecule has 1 aromatic rings. The first-order valence-corrected chi connectivity index (χ1v) is 5.38. The van der Waals surface area contributed by atoms with E-state index >= 15 is 0 Å². The number of halogens is 2. The number of hydrogen-bond donors (Lipinski definition) is 0. The molecule has 0 N–H and O–H groups in total. The molecule has 0 aliphatic rings. The van der Waals surface area contributed by atoms with E-state index in [4.69, 9.17) is 10.7 Å². The van der Waals surface area contributed by atoms with Crippen molar-refractivity contribution in [3.8, 4) is 0 Å². The van der Waals surface area contributed by atoms with Crippen molar-refractivity contribution in [2.45, 2.75) is 4.90 Å². The molecule has 0 amide bonds. The minimum absolute atomic E-state index is 0.445. The van der Waals surface area contributed by atoms with Crippen LogP contribution in [0.15, 0.2) is 16.3 Å². The van der Waals surface area contributed by atoms with Crippen LogP contribution in [0.25, 0.3) is 0 Å².